The SMILES string of the molecule is COC(c1noc(C2C3CCC(C3)C2N)n1)C(C)(C)C. The van der Waals surface area contributed by atoms with E-state index in [-0.39, 0.29) is 23.5 Å². The average Bonchev–Trinajstić information content (AvgIpc) is 3.03. The third kappa shape index (κ3) is 2.17. The summed E-state index contributed by atoms with van der Waals surface area (Å²) in [5, 5.41) is 4.15. The highest BCUT2D eigenvalue weighted by molar-refractivity contribution is 5.12. The second kappa shape index (κ2) is 4.81. The first-order chi connectivity index (χ1) is 9.41. The smallest absolute Gasteiger partial charge is 0.231 e. The van der Waals surface area contributed by atoms with Gasteiger partial charge in [-0.15, -0.1) is 0 Å². The quantitative estimate of drug-likeness (QED) is 0.920. The zero-order chi connectivity index (χ0) is 14.5. The summed E-state index contributed by atoms with van der Waals surface area (Å²) in [5.41, 5.74) is 6.28. The van der Waals surface area contributed by atoms with Crippen LogP contribution in [0.1, 0.15) is 63.8 Å². The van der Waals surface area contributed by atoms with E-state index in [1.54, 1.807) is 7.11 Å². The van der Waals surface area contributed by atoms with E-state index in [9.17, 15) is 0 Å². The van der Waals surface area contributed by atoms with Crippen LogP contribution in [-0.4, -0.2) is 23.3 Å². The Morgan fingerprint density at radius 2 is 2.00 bits per heavy atom. The van der Waals surface area contributed by atoms with Crippen LogP contribution in [0.3, 0.4) is 0 Å². The molecule has 112 valence electrons. The van der Waals surface area contributed by atoms with Crippen LogP contribution in [0.25, 0.3) is 0 Å². The number of ether oxygens (including phenoxy) is 1. The van der Waals surface area contributed by atoms with Crippen molar-refractivity contribution in [2.24, 2.45) is 23.0 Å². The second-order valence-electron chi connectivity index (χ2n) is 7.41. The first-order valence-electron chi connectivity index (χ1n) is 7.53. The summed E-state index contributed by atoms with van der Waals surface area (Å²) in [7, 11) is 1.69. The molecule has 1 aromatic rings. The Kier molecular flexibility index (Phi) is 3.37. The molecule has 2 bridgehead atoms. The molecule has 5 unspecified atom stereocenters. The van der Waals surface area contributed by atoms with E-state index in [2.05, 4.69) is 30.9 Å². The summed E-state index contributed by atoms with van der Waals surface area (Å²) in [6, 6.07) is 0.178. The molecule has 2 fully saturated rings. The predicted molar refractivity (Wildman–Crippen MR) is 75.1 cm³/mol. The predicted octanol–water partition coefficient (Wildman–Crippen LogP) is 2.64. The molecule has 0 saturated heterocycles. The number of rotatable bonds is 3. The first kappa shape index (κ1) is 14.0. The van der Waals surface area contributed by atoms with E-state index in [0.717, 1.165) is 0 Å². The van der Waals surface area contributed by atoms with Gasteiger partial charge in [0, 0.05) is 13.2 Å². The number of methoxy groups -OCH3 is 1. The minimum absolute atomic E-state index is 0.0628. The highest BCUT2D eigenvalue weighted by Gasteiger charge is 2.49. The number of fused-ring (bicyclic) bond motifs is 2. The Morgan fingerprint density at radius 1 is 1.30 bits per heavy atom. The van der Waals surface area contributed by atoms with Crippen LogP contribution in [0, 0.1) is 17.3 Å². The van der Waals surface area contributed by atoms with Gasteiger partial charge in [0.15, 0.2) is 0 Å². The summed E-state index contributed by atoms with van der Waals surface area (Å²) in [5.74, 6) is 2.86. The molecule has 20 heavy (non-hydrogen) atoms. The lowest BCUT2D eigenvalue weighted by atomic mass is 9.85. The Balaban J connectivity index is 1.84. The monoisotopic (exact) mass is 279 g/mol. The zero-order valence-corrected chi connectivity index (χ0v) is 12.8. The Bertz CT molecular complexity index is 478. The lowest BCUT2D eigenvalue weighted by Gasteiger charge is -2.26. The topological polar surface area (TPSA) is 74.2 Å². The largest absolute Gasteiger partial charge is 0.373 e. The molecule has 2 N–H and O–H groups in total. The van der Waals surface area contributed by atoms with Crippen molar-refractivity contribution in [1.82, 2.24) is 10.1 Å². The van der Waals surface area contributed by atoms with Crippen molar-refractivity contribution in [3.63, 3.8) is 0 Å². The molecule has 0 spiro atoms. The molecule has 1 aromatic heterocycles. The van der Waals surface area contributed by atoms with E-state index in [1.165, 1.54) is 19.3 Å². The van der Waals surface area contributed by atoms with E-state index in [4.69, 9.17) is 15.0 Å². The highest BCUT2D eigenvalue weighted by Crippen LogP contribution is 2.52. The van der Waals surface area contributed by atoms with Crippen molar-refractivity contribution in [2.75, 3.05) is 7.11 Å². The molecule has 1 heterocycles. The third-order valence-electron chi connectivity index (χ3n) is 4.98. The number of nitrogens with zero attached hydrogens (tertiary/aromatic N) is 2. The van der Waals surface area contributed by atoms with Crippen LogP contribution < -0.4 is 5.73 Å². The summed E-state index contributed by atoms with van der Waals surface area (Å²) in [6.07, 6.45) is 3.56. The van der Waals surface area contributed by atoms with E-state index in [1.807, 2.05) is 0 Å². The van der Waals surface area contributed by atoms with Gasteiger partial charge >= 0.3 is 0 Å². The average molecular weight is 279 g/mol. The van der Waals surface area contributed by atoms with Crippen molar-refractivity contribution >= 4 is 0 Å². The molecule has 0 amide bonds. The number of hydrogen-bond acceptors (Lipinski definition) is 5. The maximum Gasteiger partial charge on any atom is 0.231 e. The number of aromatic nitrogens is 2. The van der Waals surface area contributed by atoms with Gasteiger partial charge in [0.25, 0.3) is 0 Å². The van der Waals surface area contributed by atoms with Crippen LogP contribution in [0.5, 0.6) is 0 Å². The molecule has 2 aliphatic rings. The lowest BCUT2D eigenvalue weighted by molar-refractivity contribution is 0.00718. The standard InChI is InChI=1S/C15H25N3O2/c1-15(2,3)12(19-4)13-17-14(20-18-13)10-8-5-6-9(7-8)11(10)16/h8-12H,5-7,16H2,1-4H3. The van der Waals surface area contributed by atoms with Crippen molar-refractivity contribution < 1.29 is 9.26 Å². The van der Waals surface area contributed by atoms with Crippen molar-refractivity contribution in [2.45, 2.75) is 58.1 Å². The molecular formula is C15H25N3O2. The fraction of sp³-hybridized carbons (Fsp3) is 0.867. The maximum absolute atomic E-state index is 6.34. The van der Waals surface area contributed by atoms with Crippen molar-refractivity contribution in [3.05, 3.63) is 11.7 Å². The van der Waals surface area contributed by atoms with E-state index >= 15 is 0 Å². The molecule has 0 aliphatic heterocycles. The summed E-state index contributed by atoms with van der Waals surface area (Å²) >= 11 is 0. The van der Waals surface area contributed by atoms with Crippen LogP contribution in [0.2, 0.25) is 0 Å². The summed E-state index contributed by atoms with van der Waals surface area (Å²) in [4.78, 5) is 4.62. The molecule has 2 saturated carbocycles. The Morgan fingerprint density at radius 3 is 2.55 bits per heavy atom. The highest BCUT2D eigenvalue weighted by atomic mass is 16.5. The number of nitrogens with two attached hydrogens (primary N) is 1. The lowest BCUT2D eigenvalue weighted by Crippen LogP contribution is -2.34. The van der Waals surface area contributed by atoms with Gasteiger partial charge < -0.3 is 15.0 Å². The van der Waals surface area contributed by atoms with Crippen LogP contribution in [0.15, 0.2) is 4.52 Å². The van der Waals surface area contributed by atoms with Crippen LogP contribution in [-0.2, 0) is 4.74 Å². The van der Waals surface area contributed by atoms with E-state index in [0.29, 0.717) is 23.6 Å². The minimum atomic E-state index is -0.158. The first-order valence-corrected chi connectivity index (χ1v) is 7.53. The van der Waals surface area contributed by atoms with Crippen LogP contribution >= 0.6 is 0 Å². The van der Waals surface area contributed by atoms with Gasteiger partial charge in [-0.05, 0) is 36.5 Å². The second-order valence-corrected chi connectivity index (χ2v) is 7.41. The van der Waals surface area contributed by atoms with E-state index < -0.39 is 0 Å². The Labute approximate surface area is 120 Å². The summed E-state index contributed by atoms with van der Waals surface area (Å²) < 4.78 is 11.1. The third-order valence-corrected chi connectivity index (χ3v) is 4.98. The molecule has 0 radical (unpaired) electrons. The van der Waals surface area contributed by atoms with Crippen LogP contribution in [0.4, 0.5) is 0 Å². The zero-order valence-electron chi connectivity index (χ0n) is 12.8. The molecule has 3 rings (SSSR count). The van der Waals surface area contributed by atoms with Crippen molar-refractivity contribution in [1.29, 1.82) is 0 Å². The van der Waals surface area contributed by atoms with Gasteiger partial charge in [-0.1, -0.05) is 25.9 Å². The molecular weight excluding hydrogens is 254 g/mol. The fourth-order valence-electron chi connectivity index (χ4n) is 4.04. The van der Waals surface area contributed by atoms with Gasteiger partial charge in [-0.3, -0.25) is 0 Å². The Hall–Kier alpha value is -0.940. The number of hydrogen-bond donors (Lipinski definition) is 1. The van der Waals surface area contributed by atoms with Gasteiger partial charge in [0.1, 0.15) is 6.10 Å². The molecule has 2 aliphatic carbocycles. The fourth-order valence-corrected chi connectivity index (χ4v) is 4.04. The van der Waals surface area contributed by atoms with Gasteiger partial charge in [-0.25, -0.2) is 0 Å². The molecule has 5 heteroatoms. The maximum atomic E-state index is 6.34. The van der Waals surface area contributed by atoms with Gasteiger partial charge in [-0.2, -0.15) is 4.98 Å². The molecule has 5 nitrogen and oxygen atoms in total. The molecule has 0 aromatic carbocycles. The molecule has 5 atom stereocenters. The summed E-state index contributed by atoms with van der Waals surface area (Å²) in [6.45, 7) is 6.33. The van der Waals surface area contributed by atoms with Crippen molar-refractivity contribution in [3.8, 4) is 0 Å². The minimum Gasteiger partial charge on any atom is -0.373 e. The van der Waals surface area contributed by atoms with Gasteiger partial charge in [0.2, 0.25) is 11.7 Å². The van der Waals surface area contributed by atoms with Gasteiger partial charge in [0.05, 0.1) is 5.92 Å². The normalized spacial score (nSPS) is 34.6.